The van der Waals surface area contributed by atoms with Gasteiger partial charge in [-0.05, 0) is 12.2 Å². The molecular weight excluding hydrogens is 293 g/mol. The summed E-state index contributed by atoms with van der Waals surface area (Å²) in [5, 5.41) is 9.78. The van der Waals surface area contributed by atoms with E-state index in [1.165, 1.54) is 0 Å². The zero-order valence-corrected chi connectivity index (χ0v) is 13.0. The predicted molar refractivity (Wildman–Crippen MR) is 87.8 cm³/mol. The van der Waals surface area contributed by atoms with E-state index in [0.717, 1.165) is 39.3 Å². The molecule has 0 spiro atoms. The standard InChI is InChI=1S/C12H21N3.3ClH/c1-3-5-7-13-9-11-15-12-10-14-8-6-4-2;;;/h5-6,13-15H,1-2,7-12H2;3*1H. The molecule has 0 rings (SSSR count). The van der Waals surface area contributed by atoms with Crippen molar-refractivity contribution in [3.63, 3.8) is 0 Å². The Morgan fingerprint density at radius 3 is 1.33 bits per heavy atom. The van der Waals surface area contributed by atoms with Crippen molar-refractivity contribution in [2.45, 2.75) is 0 Å². The first-order chi connectivity index (χ1) is 7.41. The molecule has 108 valence electrons. The van der Waals surface area contributed by atoms with Gasteiger partial charge in [0.1, 0.15) is 0 Å². The van der Waals surface area contributed by atoms with Crippen molar-refractivity contribution >= 4 is 37.2 Å². The van der Waals surface area contributed by atoms with Crippen LogP contribution in [0.1, 0.15) is 0 Å². The molecule has 0 heterocycles. The number of hydrogen-bond donors (Lipinski definition) is 3. The zero-order chi connectivity index (χ0) is 11.2. The maximum absolute atomic E-state index is 3.49. The highest BCUT2D eigenvalue weighted by Crippen LogP contribution is 1.65. The van der Waals surface area contributed by atoms with Crippen LogP contribution in [-0.4, -0.2) is 39.3 Å². The number of hydrogen-bond acceptors (Lipinski definition) is 3. The summed E-state index contributed by atoms with van der Waals surface area (Å²) in [4.78, 5) is 0. The highest BCUT2D eigenvalue weighted by Gasteiger charge is 1.86. The average Bonchev–Trinajstić information content (AvgIpc) is 2.26. The van der Waals surface area contributed by atoms with Crippen LogP contribution in [0.4, 0.5) is 0 Å². The van der Waals surface area contributed by atoms with Crippen LogP contribution in [0, 0.1) is 0 Å². The van der Waals surface area contributed by atoms with Crippen LogP contribution in [0.5, 0.6) is 0 Å². The molecule has 0 radical (unpaired) electrons. The highest BCUT2D eigenvalue weighted by molar-refractivity contribution is 5.86. The third kappa shape index (κ3) is 24.8. The van der Waals surface area contributed by atoms with E-state index in [1.807, 2.05) is 12.2 Å². The molecule has 0 bridgehead atoms. The zero-order valence-electron chi connectivity index (χ0n) is 10.5. The van der Waals surface area contributed by atoms with Gasteiger partial charge in [-0.3, -0.25) is 0 Å². The van der Waals surface area contributed by atoms with Gasteiger partial charge in [0.25, 0.3) is 0 Å². The molecule has 0 aliphatic carbocycles. The van der Waals surface area contributed by atoms with E-state index in [4.69, 9.17) is 0 Å². The Hall–Kier alpha value is -0.210. The normalized spacial score (nSPS) is 7.56. The monoisotopic (exact) mass is 315 g/mol. The second-order valence-corrected chi connectivity index (χ2v) is 2.97. The van der Waals surface area contributed by atoms with Gasteiger partial charge in [-0.1, -0.05) is 13.2 Å². The van der Waals surface area contributed by atoms with Gasteiger partial charge in [0.15, 0.2) is 0 Å². The van der Waals surface area contributed by atoms with E-state index >= 15 is 0 Å². The fourth-order valence-corrected chi connectivity index (χ4v) is 0.971. The molecular formula is C12H24Cl3N3. The fourth-order valence-electron chi connectivity index (χ4n) is 0.971. The summed E-state index contributed by atoms with van der Waals surface area (Å²) < 4.78 is 0. The third-order valence-electron chi connectivity index (χ3n) is 1.74. The molecule has 6 heteroatoms. The van der Waals surface area contributed by atoms with Crippen molar-refractivity contribution in [3.05, 3.63) is 36.8 Å². The summed E-state index contributed by atoms with van der Waals surface area (Å²) in [6.45, 7) is 12.5. The second-order valence-electron chi connectivity index (χ2n) is 2.97. The topological polar surface area (TPSA) is 36.1 Å². The Kier molecular flexibility index (Phi) is 37.5. The first-order valence-corrected chi connectivity index (χ1v) is 5.22. The summed E-state index contributed by atoms with van der Waals surface area (Å²) in [5.74, 6) is 0. The molecule has 0 unspecified atom stereocenters. The quantitative estimate of drug-likeness (QED) is 0.424. The minimum absolute atomic E-state index is 0. The van der Waals surface area contributed by atoms with Gasteiger partial charge >= 0.3 is 0 Å². The predicted octanol–water partition coefficient (Wildman–Crippen LogP) is 1.70. The number of nitrogens with one attached hydrogen (secondary N) is 3. The lowest BCUT2D eigenvalue weighted by molar-refractivity contribution is 0.608. The van der Waals surface area contributed by atoms with Crippen molar-refractivity contribution in [1.82, 2.24) is 16.0 Å². The van der Waals surface area contributed by atoms with Gasteiger partial charge in [-0.15, -0.1) is 48.7 Å². The van der Waals surface area contributed by atoms with Crippen LogP contribution in [0.2, 0.25) is 0 Å². The van der Waals surface area contributed by atoms with Crippen molar-refractivity contribution in [3.8, 4) is 0 Å². The van der Waals surface area contributed by atoms with Crippen LogP contribution in [-0.2, 0) is 0 Å². The van der Waals surface area contributed by atoms with Gasteiger partial charge in [0, 0.05) is 39.3 Å². The Balaban J connectivity index is -0.000000327. The van der Waals surface area contributed by atoms with Crippen molar-refractivity contribution < 1.29 is 0 Å². The summed E-state index contributed by atoms with van der Waals surface area (Å²) in [6, 6.07) is 0. The maximum atomic E-state index is 3.49. The molecule has 0 atom stereocenters. The lowest BCUT2D eigenvalue weighted by atomic mass is 10.5. The molecule has 0 saturated heterocycles. The van der Waals surface area contributed by atoms with Gasteiger partial charge in [0.05, 0.1) is 0 Å². The molecule has 3 N–H and O–H groups in total. The van der Waals surface area contributed by atoms with E-state index in [-0.39, 0.29) is 37.2 Å². The van der Waals surface area contributed by atoms with Crippen LogP contribution in [0.25, 0.3) is 0 Å². The van der Waals surface area contributed by atoms with E-state index in [0.29, 0.717) is 0 Å². The van der Waals surface area contributed by atoms with Gasteiger partial charge in [-0.25, -0.2) is 0 Å². The van der Waals surface area contributed by atoms with Crippen molar-refractivity contribution in [2.75, 3.05) is 39.3 Å². The van der Waals surface area contributed by atoms with Gasteiger partial charge in [-0.2, -0.15) is 0 Å². The van der Waals surface area contributed by atoms with Crippen LogP contribution >= 0.6 is 37.2 Å². The Labute approximate surface area is 129 Å². The average molecular weight is 317 g/mol. The largest absolute Gasteiger partial charge is 0.314 e. The molecule has 0 amide bonds. The minimum atomic E-state index is 0. The lowest BCUT2D eigenvalue weighted by Crippen LogP contribution is -2.32. The lowest BCUT2D eigenvalue weighted by Gasteiger charge is -2.05. The highest BCUT2D eigenvalue weighted by atomic mass is 35.5. The Bertz CT molecular complexity index is 211. The maximum Gasteiger partial charge on any atom is 0.0210 e. The number of halogens is 3. The van der Waals surface area contributed by atoms with Crippen LogP contribution < -0.4 is 16.0 Å². The molecule has 3 nitrogen and oxygen atoms in total. The summed E-state index contributed by atoms with van der Waals surface area (Å²) in [5.41, 5.74) is 5.43. The second kappa shape index (κ2) is 25.6. The van der Waals surface area contributed by atoms with Crippen molar-refractivity contribution in [2.24, 2.45) is 0 Å². The third-order valence-corrected chi connectivity index (χ3v) is 1.74. The van der Waals surface area contributed by atoms with Crippen LogP contribution in [0.15, 0.2) is 36.8 Å². The molecule has 0 saturated carbocycles. The fraction of sp³-hybridized carbons (Fsp3) is 0.500. The Morgan fingerprint density at radius 1 is 0.667 bits per heavy atom. The smallest absolute Gasteiger partial charge is 0.0210 e. The Morgan fingerprint density at radius 2 is 1.00 bits per heavy atom. The van der Waals surface area contributed by atoms with E-state index in [9.17, 15) is 0 Å². The van der Waals surface area contributed by atoms with E-state index in [2.05, 4.69) is 40.6 Å². The molecule has 0 aromatic heterocycles. The van der Waals surface area contributed by atoms with Crippen LogP contribution in [0.3, 0.4) is 0 Å². The summed E-state index contributed by atoms with van der Waals surface area (Å²) in [6.07, 6.45) is 3.76. The first kappa shape index (κ1) is 26.4. The molecule has 0 fully saturated rings. The van der Waals surface area contributed by atoms with Gasteiger partial charge in [0.2, 0.25) is 0 Å². The SMILES string of the molecule is C=C=CCNCCNCCNCC=C=C.Cl.Cl.Cl. The molecule has 0 aliphatic rings. The summed E-state index contributed by atoms with van der Waals surface area (Å²) >= 11 is 0. The van der Waals surface area contributed by atoms with E-state index < -0.39 is 0 Å². The van der Waals surface area contributed by atoms with E-state index in [1.54, 1.807) is 0 Å². The molecule has 18 heavy (non-hydrogen) atoms. The summed E-state index contributed by atoms with van der Waals surface area (Å²) in [7, 11) is 0. The molecule has 0 aromatic rings. The van der Waals surface area contributed by atoms with Crippen molar-refractivity contribution in [1.29, 1.82) is 0 Å². The molecule has 0 aliphatic heterocycles. The van der Waals surface area contributed by atoms with Gasteiger partial charge < -0.3 is 16.0 Å². The molecule has 0 aromatic carbocycles. The first-order valence-electron chi connectivity index (χ1n) is 5.22. The number of rotatable bonds is 10. The minimum Gasteiger partial charge on any atom is -0.314 e.